The Kier molecular flexibility index (Phi) is 11.1. The second-order valence-corrected chi connectivity index (χ2v) is 6.47. The van der Waals surface area contributed by atoms with Gasteiger partial charge in [0.2, 0.25) is 0 Å². The van der Waals surface area contributed by atoms with E-state index >= 15 is 0 Å². The molecule has 1 atom stereocenters. The molecule has 1 aromatic rings. The Labute approximate surface area is 160 Å². The van der Waals surface area contributed by atoms with Crippen molar-refractivity contribution in [1.29, 1.82) is 0 Å². The molecule has 7 nitrogen and oxygen atoms in total. The fourth-order valence-electron chi connectivity index (χ4n) is 2.68. The lowest BCUT2D eigenvalue weighted by atomic mass is 9.98. The summed E-state index contributed by atoms with van der Waals surface area (Å²) in [6.45, 7) is 10.4. The number of ether oxygens (including phenoxy) is 2. The largest absolute Gasteiger partial charge is 0.493 e. The van der Waals surface area contributed by atoms with Crippen molar-refractivity contribution in [3.05, 3.63) is 29.8 Å². The van der Waals surface area contributed by atoms with E-state index in [1.807, 2.05) is 0 Å². The molecule has 1 saturated heterocycles. The van der Waals surface area contributed by atoms with Crippen LogP contribution in [0, 0.1) is 0 Å². The number of unbranched alkanes of at least 4 members (excludes halogenated alkanes) is 1. The van der Waals surface area contributed by atoms with Crippen LogP contribution in [0.3, 0.4) is 0 Å². The van der Waals surface area contributed by atoms with Crippen molar-refractivity contribution in [3.8, 4) is 5.75 Å². The molecular formula is C20H31NO6. The Morgan fingerprint density at radius 3 is 2.37 bits per heavy atom. The minimum Gasteiger partial charge on any atom is -0.493 e. The first-order valence-electron chi connectivity index (χ1n) is 9.43. The van der Waals surface area contributed by atoms with Gasteiger partial charge in [0.25, 0.3) is 0 Å². The fraction of sp³-hybridized carbons (Fsp3) is 0.600. The smallest absolute Gasteiger partial charge is 0.414 e. The highest BCUT2D eigenvalue weighted by Crippen LogP contribution is 2.28. The van der Waals surface area contributed by atoms with Gasteiger partial charge in [0, 0.05) is 13.1 Å². The summed E-state index contributed by atoms with van der Waals surface area (Å²) >= 11 is 0. The molecule has 27 heavy (non-hydrogen) atoms. The summed E-state index contributed by atoms with van der Waals surface area (Å²) in [7, 11) is 0. The Hall–Kier alpha value is -2.12. The highest BCUT2D eigenvalue weighted by atomic mass is 16.5. The van der Waals surface area contributed by atoms with Crippen molar-refractivity contribution in [2.75, 3.05) is 39.5 Å². The first-order chi connectivity index (χ1) is 13.0. The van der Waals surface area contributed by atoms with Crippen molar-refractivity contribution in [2.24, 2.45) is 0 Å². The third kappa shape index (κ3) is 9.40. The maximum atomic E-state index is 9.10. The monoisotopic (exact) mass is 381 g/mol. The van der Waals surface area contributed by atoms with Gasteiger partial charge in [-0.2, -0.15) is 0 Å². The van der Waals surface area contributed by atoms with Gasteiger partial charge in [-0.1, -0.05) is 32.0 Å². The number of rotatable bonds is 8. The molecule has 2 N–H and O–H groups in total. The third-order valence-corrected chi connectivity index (χ3v) is 4.48. The zero-order chi connectivity index (χ0) is 20.1. The number of hydrogen-bond acceptors (Lipinski definition) is 5. The number of morpholine rings is 1. The van der Waals surface area contributed by atoms with Crippen molar-refractivity contribution >= 4 is 11.9 Å². The third-order valence-electron chi connectivity index (χ3n) is 4.48. The van der Waals surface area contributed by atoms with Gasteiger partial charge in [-0.3, -0.25) is 4.90 Å². The molecule has 0 saturated carbocycles. The first kappa shape index (κ1) is 22.9. The maximum absolute atomic E-state index is 9.10. The summed E-state index contributed by atoms with van der Waals surface area (Å²) in [6.07, 6.45) is 3.47. The van der Waals surface area contributed by atoms with Gasteiger partial charge in [0.15, 0.2) is 0 Å². The number of aliphatic carboxylic acids is 2. The first-order valence-corrected chi connectivity index (χ1v) is 9.43. The maximum Gasteiger partial charge on any atom is 0.414 e. The molecule has 0 bridgehead atoms. The average Bonchev–Trinajstić information content (AvgIpc) is 2.68. The summed E-state index contributed by atoms with van der Waals surface area (Å²) in [4.78, 5) is 20.7. The lowest BCUT2D eigenvalue weighted by molar-refractivity contribution is -0.159. The second-order valence-electron chi connectivity index (χ2n) is 6.47. The van der Waals surface area contributed by atoms with Crippen LogP contribution in [-0.2, 0) is 14.3 Å². The molecule has 1 aliphatic heterocycles. The predicted octanol–water partition coefficient (Wildman–Crippen LogP) is 2.85. The van der Waals surface area contributed by atoms with E-state index in [0.717, 1.165) is 51.5 Å². The zero-order valence-corrected chi connectivity index (χ0v) is 16.2. The second kappa shape index (κ2) is 13.1. The van der Waals surface area contributed by atoms with Gasteiger partial charge in [-0.25, -0.2) is 9.59 Å². The van der Waals surface area contributed by atoms with E-state index in [1.54, 1.807) is 0 Å². The molecule has 0 aliphatic carbocycles. The SMILES string of the molecule is CCC(C)c1ccccc1OCCCCN1CCOCC1.O=C(O)C(=O)O. The van der Waals surface area contributed by atoms with E-state index in [2.05, 4.69) is 43.0 Å². The van der Waals surface area contributed by atoms with Crippen LogP contribution in [0.15, 0.2) is 24.3 Å². The van der Waals surface area contributed by atoms with E-state index in [9.17, 15) is 0 Å². The Morgan fingerprint density at radius 2 is 1.78 bits per heavy atom. The van der Waals surface area contributed by atoms with E-state index < -0.39 is 11.9 Å². The molecule has 1 fully saturated rings. The summed E-state index contributed by atoms with van der Waals surface area (Å²) < 4.78 is 11.4. The van der Waals surface area contributed by atoms with Crippen LogP contribution in [0.25, 0.3) is 0 Å². The number of para-hydroxylation sites is 1. The molecular weight excluding hydrogens is 350 g/mol. The van der Waals surface area contributed by atoms with Gasteiger partial charge in [0.1, 0.15) is 5.75 Å². The van der Waals surface area contributed by atoms with E-state index in [0.29, 0.717) is 5.92 Å². The summed E-state index contributed by atoms with van der Waals surface area (Å²) in [5, 5.41) is 14.8. The molecule has 1 unspecified atom stereocenters. The Balaban J connectivity index is 0.000000527. The van der Waals surface area contributed by atoms with Crippen LogP contribution in [0.1, 0.15) is 44.6 Å². The van der Waals surface area contributed by atoms with Crippen molar-refractivity contribution < 1.29 is 29.3 Å². The van der Waals surface area contributed by atoms with Crippen LogP contribution >= 0.6 is 0 Å². The van der Waals surface area contributed by atoms with Crippen LogP contribution in [0.2, 0.25) is 0 Å². The van der Waals surface area contributed by atoms with Gasteiger partial charge < -0.3 is 19.7 Å². The zero-order valence-electron chi connectivity index (χ0n) is 16.2. The van der Waals surface area contributed by atoms with Crippen molar-refractivity contribution in [1.82, 2.24) is 4.90 Å². The van der Waals surface area contributed by atoms with Crippen LogP contribution in [0.4, 0.5) is 0 Å². The van der Waals surface area contributed by atoms with Gasteiger partial charge >= 0.3 is 11.9 Å². The lowest BCUT2D eigenvalue weighted by Crippen LogP contribution is -2.36. The number of nitrogens with zero attached hydrogens (tertiary/aromatic N) is 1. The number of hydrogen-bond donors (Lipinski definition) is 2. The van der Waals surface area contributed by atoms with E-state index in [1.165, 1.54) is 18.5 Å². The number of carbonyl (C=O) groups is 2. The Morgan fingerprint density at radius 1 is 1.15 bits per heavy atom. The number of carboxylic acids is 2. The lowest BCUT2D eigenvalue weighted by Gasteiger charge is -2.26. The standard InChI is InChI=1S/C18H29NO2.C2H2O4/c1-3-16(2)17-8-4-5-9-18(17)21-13-7-6-10-19-11-14-20-15-12-19;3-1(4)2(5)6/h4-5,8-9,16H,3,6-7,10-15H2,1-2H3;(H,3,4)(H,5,6). The highest BCUT2D eigenvalue weighted by molar-refractivity contribution is 6.27. The van der Waals surface area contributed by atoms with Crippen LogP contribution < -0.4 is 4.74 Å². The summed E-state index contributed by atoms with van der Waals surface area (Å²) in [6, 6.07) is 8.46. The van der Waals surface area contributed by atoms with Crippen molar-refractivity contribution in [3.63, 3.8) is 0 Å². The molecule has 1 heterocycles. The molecule has 152 valence electrons. The molecule has 0 amide bonds. The Bertz CT molecular complexity index is 559. The topological polar surface area (TPSA) is 96.3 Å². The predicted molar refractivity (Wildman–Crippen MR) is 102 cm³/mol. The van der Waals surface area contributed by atoms with Crippen LogP contribution in [0.5, 0.6) is 5.75 Å². The van der Waals surface area contributed by atoms with E-state index in [4.69, 9.17) is 29.3 Å². The number of carboxylic acid groups (broad SMARTS) is 2. The van der Waals surface area contributed by atoms with Crippen LogP contribution in [-0.4, -0.2) is 66.5 Å². The fourth-order valence-corrected chi connectivity index (χ4v) is 2.68. The highest BCUT2D eigenvalue weighted by Gasteiger charge is 2.11. The minimum absolute atomic E-state index is 0.564. The average molecular weight is 381 g/mol. The summed E-state index contributed by atoms with van der Waals surface area (Å²) in [5.74, 6) is -2.02. The molecule has 2 rings (SSSR count). The molecule has 0 aromatic heterocycles. The van der Waals surface area contributed by atoms with Gasteiger partial charge in [0.05, 0.1) is 19.8 Å². The molecule has 1 aromatic carbocycles. The molecule has 0 spiro atoms. The number of benzene rings is 1. The molecule has 1 aliphatic rings. The normalized spacial score (nSPS) is 15.3. The molecule has 7 heteroatoms. The summed E-state index contributed by atoms with van der Waals surface area (Å²) in [5.41, 5.74) is 1.34. The van der Waals surface area contributed by atoms with Crippen molar-refractivity contribution in [2.45, 2.75) is 39.0 Å². The van der Waals surface area contributed by atoms with E-state index in [-0.39, 0.29) is 0 Å². The van der Waals surface area contributed by atoms with Gasteiger partial charge in [-0.15, -0.1) is 0 Å². The molecule has 0 radical (unpaired) electrons. The minimum atomic E-state index is -1.82. The van der Waals surface area contributed by atoms with Gasteiger partial charge in [-0.05, 0) is 43.4 Å². The quantitative estimate of drug-likeness (QED) is 0.528.